The average Bonchev–Trinajstić information content (AvgIpc) is 2.89. The van der Waals surface area contributed by atoms with Gasteiger partial charge in [-0.05, 0) is 52.8 Å². The van der Waals surface area contributed by atoms with Gasteiger partial charge in [0.15, 0.2) is 5.11 Å². The minimum atomic E-state index is -0.216. The van der Waals surface area contributed by atoms with Gasteiger partial charge in [0.05, 0.1) is 10.7 Å². The molecule has 3 aromatic rings. The molecule has 0 bridgehead atoms. The van der Waals surface area contributed by atoms with Gasteiger partial charge in [-0.25, -0.2) is 0 Å². The second-order valence-corrected chi connectivity index (χ2v) is 6.48. The minimum absolute atomic E-state index is 0.216. The summed E-state index contributed by atoms with van der Waals surface area (Å²) in [5, 5.41) is 6.06. The third-order valence-electron chi connectivity index (χ3n) is 4.06. The number of carbonyl (C=O) groups is 1. The van der Waals surface area contributed by atoms with Gasteiger partial charge in [0.2, 0.25) is 0 Å². The van der Waals surface area contributed by atoms with Crippen LogP contribution in [0.3, 0.4) is 0 Å². The molecule has 1 N–H and O–H groups in total. The van der Waals surface area contributed by atoms with Crippen molar-refractivity contribution in [2.75, 3.05) is 4.90 Å². The molecule has 0 aromatic heterocycles. The van der Waals surface area contributed by atoms with E-state index in [1.807, 2.05) is 48.5 Å². The molecule has 122 valence electrons. The summed E-state index contributed by atoms with van der Waals surface area (Å²) in [6, 6.07) is 21.3. The van der Waals surface area contributed by atoms with Crippen molar-refractivity contribution in [3.05, 3.63) is 83.0 Å². The van der Waals surface area contributed by atoms with Crippen molar-refractivity contribution in [3.8, 4) is 0 Å². The molecule has 3 nitrogen and oxygen atoms in total. The monoisotopic (exact) mass is 364 g/mol. The molecule has 0 atom stereocenters. The van der Waals surface area contributed by atoms with Crippen LogP contribution < -0.4 is 10.2 Å². The van der Waals surface area contributed by atoms with Gasteiger partial charge in [-0.1, -0.05) is 60.1 Å². The van der Waals surface area contributed by atoms with Crippen LogP contribution in [0.1, 0.15) is 5.56 Å². The Morgan fingerprint density at radius 2 is 1.68 bits per heavy atom. The van der Waals surface area contributed by atoms with E-state index in [1.54, 1.807) is 18.2 Å². The zero-order chi connectivity index (χ0) is 17.4. The van der Waals surface area contributed by atoms with Crippen molar-refractivity contribution in [2.45, 2.75) is 0 Å². The molecular formula is C20H13ClN2OS. The van der Waals surface area contributed by atoms with Gasteiger partial charge < -0.3 is 5.32 Å². The van der Waals surface area contributed by atoms with Gasteiger partial charge in [-0.2, -0.15) is 0 Å². The normalized spacial score (nSPS) is 15.9. The minimum Gasteiger partial charge on any atom is -0.327 e. The lowest BCUT2D eigenvalue weighted by molar-refractivity contribution is -0.113. The predicted octanol–water partition coefficient (Wildman–Crippen LogP) is 4.76. The summed E-state index contributed by atoms with van der Waals surface area (Å²) < 4.78 is 0. The number of para-hydroxylation sites is 1. The molecule has 0 saturated carbocycles. The molecule has 3 aromatic carbocycles. The lowest BCUT2D eigenvalue weighted by atomic mass is 10.1. The van der Waals surface area contributed by atoms with Gasteiger partial charge >= 0.3 is 0 Å². The number of thiocarbonyl (C=S) groups is 1. The van der Waals surface area contributed by atoms with Crippen LogP contribution >= 0.6 is 23.8 Å². The van der Waals surface area contributed by atoms with Crippen LogP contribution in [0.4, 0.5) is 5.69 Å². The molecule has 25 heavy (non-hydrogen) atoms. The Morgan fingerprint density at radius 1 is 0.960 bits per heavy atom. The molecule has 1 fully saturated rings. The average molecular weight is 365 g/mol. The largest absolute Gasteiger partial charge is 0.327 e. The number of nitrogens with zero attached hydrogens (tertiary/aromatic N) is 1. The summed E-state index contributed by atoms with van der Waals surface area (Å²) in [6.07, 6.45) is 1.80. The van der Waals surface area contributed by atoms with E-state index >= 15 is 0 Å². The van der Waals surface area contributed by atoms with E-state index in [2.05, 4.69) is 11.4 Å². The number of carbonyl (C=O) groups excluding carboxylic acids is 1. The lowest BCUT2D eigenvalue weighted by Crippen LogP contribution is -2.30. The molecule has 0 radical (unpaired) electrons. The maximum Gasteiger partial charge on any atom is 0.281 e. The van der Waals surface area contributed by atoms with E-state index < -0.39 is 0 Å². The van der Waals surface area contributed by atoms with Gasteiger partial charge in [-0.15, -0.1) is 0 Å². The quantitative estimate of drug-likeness (QED) is 0.526. The molecular weight excluding hydrogens is 352 g/mol. The third kappa shape index (κ3) is 2.90. The van der Waals surface area contributed by atoms with Crippen LogP contribution in [0.15, 0.2) is 72.4 Å². The van der Waals surface area contributed by atoms with Crippen LogP contribution in [0.2, 0.25) is 5.02 Å². The highest BCUT2D eigenvalue weighted by molar-refractivity contribution is 7.80. The molecule has 4 rings (SSSR count). The summed E-state index contributed by atoms with van der Waals surface area (Å²) in [4.78, 5) is 14.2. The molecule has 0 spiro atoms. The topological polar surface area (TPSA) is 32.3 Å². The number of anilines is 1. The summed E-state index contributed by atoms with van der Waals surface area (Å²) in [7, 11) is 0. The standard InChI is InChI=1S/C20H13ClN2OS/c21-16-7-3-4-8-18(16)23-19(24)17(22-20(23)25)12-13-9-10-14-5-1-2-6-15(14)11-13/h1-12H,(H,22,25)/b17-12+. The first-order chi connectivity index (χ1) is 12.1. The van der Waals surface area contributed by atoms with Gasteiger partial charge in [0, 0.05) is 0 Å². The molecule has 0 unspecified atom stereocenters. The maximum absolute atomic E-state index is 12.8. The zero-order valence-corrected chi connectivity index (χ0v) is 14.6. The predicted molar refractivity (Wildman–Crippen MR) is 107 cm³/mol. The lowest BCUT2D eigenvalue weighted by Gasteiger charge is -2.15. The van der Waals surface area contributed by atoms with Crippen LogP contribution in [-0.2, 0) is 4.79 Å². The van der Waals surface area contributed by atoms with Gasteiger partial charge in [-0.3, -0.25) is 9.69 Å². The Hall–Kier alpha value is -2.69. The van der Waals surface area contributed by atoms with E-state index in [0.29, 0.717) is 21.5 Å². The van der Waals surface area contributed by atoms with E-state index in [-0.39, 0.29) is 5.91 Å². The zero-order valence-electron chi connectivity index (χ0n) is 13.1. The highest BCUT2D eigenvalue weighted by Crippen LogP contribution is 2.29. The molecule has 0 aliphatic carbocycles. The van der Waals surface area contributed by atoms with Crippen LogP contribution in [-0.4, -0.2) is 11.0 Å². The van der Waals surface area contributed by atoms with E-state index in [1.165, 1.54) is 4.90 Å². The summed E-state index contributed by atoms with van der Waals surface area (Å²) >= 11 is 11.5. The Morgan fingerprint density at radius 3 is 2.48 bits per heavy atom. The number of nitrogens with one attached hydrogen (secondary N) is 1. The van der Waals surface area contributed by atoms with Crippen LogP contribution in [0, 0.1) is 0 Å². The molecule has 1 aliphatic rings. The van der Waals surface area contributed by atoms with Crippen molar-refractivity contribution in [1.29, 1.82) is 0 Å². The Balaban J connectivity index is 1.71. The van der Waals surface area contributed by atoms with Crippen molar-refractivity contribution >= 4 is 57.4 Å². The van der Waals surface area contributed by atoms with E-state index in [4.69, 9.17) is 23.8 Å². The first-order valence-electron chi connectivity index (χ1n) is 7.74. The number of rotatable bonds is 2. The molecule has 1 heterocycles. The molecule has 1 saturated heterocycles. The number of fused-ring (bicyclic) bond motifs is 1. The van der Waals surface area contributed by atoms with Crippen molar-refractivity contribution in [1.82, 2.24) is 5.32 Å². The van der Waals surface area contributed by atoms with E-state index in [0.717, 1.165) is 16.3 Å². The number of hydrogen-bond acceptors (Lipinski definition) is 2. The van der Waals surface area contributed by atoms with Crippen LogP contribution in [0.25, 0.3) is 16.8 Å². The fourth-order valence-corrected chi connectivity index (χ4v) is 3.36. The first kappa shape index (κ1) is 15.8. The smallest absolute Gasteiger partial charge is 0.281 e. The molecule has 1 amide bonds. The Kier molecular flexibility index (Phi) is 3.99. The fraction of sp³-hybridized carbons (Fsp3) is 0. The first-order valence-corrected chi connectivity index (χ1v) is 8.52. The highest BCUT2D eigenvalue weighted by atomic mass is 35.5. The van der Waals surface area contributed by atoms with Gasteiger partial charge in [0.25, 0.3) is 5.91 Å². The maximum atomic E-state index is 12.8. The van der Waals surface area contributed by atoms with E-state index in [9.17, 15) is 4.79 Å². The highest BCUT2D eigenvalue weighted by Gasteiger charge is 2.32. The molecule has 1 aliphatic heterocycles. The number of hydrogen-bond donors (Lipinski definition) is 1. The summed E-state index contributed by atoms with van der Waals surface area (Å²) in [6.45, 7) is 0. The third-order valence-corrected chi connectivity index (χ3v) is 4.66. The fourth-order valence-electron chi connectivity index (χ4n) is 2.85. The SMILES string of the molecule is O=C1/C(=C\c2ccc3ccccc3c2)NC(=S)N1c1ccccc1Cl. The van der Waals surface area contributed by atoms with Crippen molar-refractivity contribution in [2.24, 2.45) is 0 Å². The van der Waals surface area contributed by atoms with Crippen molar-refractivity contribution < 1.29 is 4.79 Å². The number of halogens is 1. The van der Waals surface area contributed by atoms with Gasteiger partial charge in [0.1, 0.15) is 5.70 Å². The second kappa shape index (κ2) is 6.31. The summed E-state index contributed by atoms with van der Waals surface area (Å²) in [5.41, 5.74) is 1.94. The number of benzene rings is 3. The molecule has 5 heteroatoms. The Labute approximate surface area is 155 Å². The number of amides is 1. The van der Waals surface area contributed by atoms with Crippen LogP contribution in [0.5, 0.6) is 0 Å². The summed E-state index contributed by atoms with van der Waals surface area (Å²) in [5.74, 6) is -0.216. The Bertz CT molecular complexity index is 1040. The second-order valence-electron chi connectivity index (χ2n) is 5.69. The van der Waals surface area contributed by atoms with Crippen molar-refractivity contribution in [3.63, 3.8) is 0 Å².